The molecule has 0 aromatic heterocycles. The number of alkyl halides is 3. The third kappa shape index (κ3) is 5.35. The van der Waals surface area contributed by atoms with E-state index in [0.29, 0.717) is 9.99 Å². The van der Waals surface area contributed by atoms with E-state index in [1.807, 2.05) is 0 Å². The maximum absolute atomic E-state index is 12.6. The maximum Gasteiger partial charge on any atom is 0.416 e. The zero-order chi connectivity index (χ0) is 14.6. The number of hydrogen-bond donors (Lipinski definition) is 2. The van der Waals surface area contributed by atoms with Gasteiger partial charge >= 0.3 is 6.18 Å². The number of aliphatic hydroxyl groups is 1. The first kappa shape index (κ1) is 16.2. The Kier molecular flexibility index (Phi) is 5.60. The minimum atomic E-state index is -4.48. The van der Waals surface area contributed by atoms with Gasteiger partial charge in [0.05, 0.1) is 11.7 Å². The Morgan fingerprint density at radius 2 is 2.05 bits per heavy atom. The topological polar surface area (TPSA) is 49.3 Å². The molecule has 1 aromatic carbocycles. The van der Waals surface area contributed by atoms with Crippen LogP contribution in [0.25, 0.3) is 0 Å². The van der Waals surface area contributed by atoms with Crippen LogP contribution in [0.3, 0.4) is 0 Å². The Labute approximate surface area is 122 Å². The first-order valence-corrected chi connectivity index (χ1v) is 6.62. The first-order chi connectivity index (χ1) is 8.70. The molecule has 19 heavy (non-hydrogen) atoms. The standard InChI is InChI=1S/C12H13F3INO2/c1-7(18)2-3-17-11(19)8-4-9(12(13,14)15)6-10(16)5-8/h4-7,18H,2-3H2,1H3,(H,17,19). The molecular weight excluding hydrogens is 374 g/mol. The van der Waals surface area contributed by atoms with Crippen molar-refractivity contribution in [2.75, 3.05) is 6.54 Å². The number of amides is 1. The lowest BCUT2D eigenvalue weighted by Crippen LogP contribution is -2.27. The third-order valence-electron chi connectivity index (χ3n) is 2.33. The molecular formula is C12H13F3INO2. The molecule has 0 aliphatic carbocycles. The second-order valence-corrected chi connectivity index (χ2v) is 5.37. The molecule has 0 fully saturated rings. The summed E-state index contributed by atoms with van der Waals surface area (Å²) in [4.78, 5) is 11.7. The van der Waals surface area contributed by atoms with Crippen LogP contribution in [0.5, 0.6) is 0 Å². The zero-order valence-corrected chi connectivity index (χ0v) is 12.2. The van der Waals surface area contributed by atoms with E-state index < -0.39 is 23.8 Å². The Morgan fingerprint density at radius 1 is 1.42 bits per heavy atom. The number of benzene rings is 1. The van der Waals surface area contributed by atoms with Gasteiger partial charge in [0.1, 0.15) is 0 Å². The highest BCUT2D eigenvalue weighted by atomic mass is 127. The van der Waals surface area contributed by atoms with Gasteiger partial charge in [0.15, 0.2) is 0 Å². The predicted octanol–water partition coefficient (Wildman–Crippen LogP) is 2.81. The van der Waals surface area contributed by atoms with Crippen molar-refractivity contribution in [2.24, 2.45) is 0 Å². The highest BCUT2D eigenvalue weighted by Gasteiger charge is 2.31. The summed E-state index contributed by atoms with van der Waals surface area (Å²) >= 11 is 1.73. The van der Waals surface area contributed by atoms with Crippen molar-refractivity contribution in [2.45, 2.75) is 25.6 Å². The smallest absolute Gasteiger partial charge is 0.393 e. The third-order valence-corrected chi connectivity index (χ3v) is 2.96. The van der Waals surface area contributed by atoms with Gasteiger partial charge in [0.2, 0.25) is 0 Å². The van der Waals surface area contributed by atoms with Gasteiger partial charge in [-0.2, -0.15) is 13.2 Å². The van der Waals surface area contributed by atoms with Crippen molar-refractivity contribution in [1.29, 1.82) is 0 Å². The predicted molar refractivity (Wildman–Crippen MR) is 72.8 cm³/mol. The van der Waals surface area contributed by atoms with E-state index in [2.05, 4.69) is 5.32 Å². The van der Waals surface area contributed by atoms with Crippen LogP contribution in [-0.4, -0.2) is 23.7 Å². The van der Waals surface area contributed by atoms with E-state index in [-0.39, 0.29) is 12.1 Å². The fraction of sp³-hybridized carbons (Fsp3) is 0.417. The summed E-state index contributed by atoms with van der Waals surface area (Å²) in [6, 6.07) is 3.18. The maximum atomic E-state index is 12.6. The molecule has 0 spiro atoms. The largest absolute Gasteiger partial charge is 0.416 e. The highest BCUT2D eigenvalue weighted by molar-refractivity contribution is 14.1. The van der Waals surface area contributed by atoms with E-state index in [0.717, 1.165) is 12.1 Å². The van der Waals surface area contributed by atoms with Gasteiger partial charge in [0, 0.05) is 15.7 Å². The van der Waals surface area contributed by atoms with Crippen molar-refractivity contribution < 1.29 is 23.1 Å². The molecule has 0 saturated heterocycles. The molecule has 106 valence electrons. The minimum Gasteiger partial charge on any atom is -0.393 e. The van der Waals surface area contributed by atoms with Crippen LogP contribution in [0.1, 0.15) is 29.3 Å². The summed E-state index contributed by atoms with van der Waals surface area (Å²) in [5, 5.41) is 11.5. The van der Waals surface area contributed by atoms with Gasteiger partial charge in [0.25, 0.3) is 5.91 Å². The molecule has 3 nitrogen and oxygen atoms in total. The summed E-state index contributed by atoms with van der Waals surface area (Å²) in [6.45, 7) is 1.78. The minimum absolute atomic E-state index is 0.0372. The summed E-state index contributed by atoms with van der Waals surface area (Å²) in [6.07, 6.45) is -4.70. The van der Waals surface area contributed by atoms with Crippen LogP contribution in [-0.2, 0) is 6.18 Å². The Hall–Kier alpha value is -0.830. The molecule has 1 unspecified atom stereocenters. The van der Waals surface area contributed by atoms with Crippen molar-refractivity contribution in [3.63, 3.8) is 0 Å². The summed E-state index contributed by atoms with van der Waals surface area (Å²) in [5.74, 6) is -0.579. The number of carbonyl (C=O) groups is 1. The van der Waals surface area contributed by atoms with Crippen LogP contribution in [0.4, 0.5) is 13.2 Å². The fourth-order valence-electron chi connectivity index (χ4n) is 1.38. The number of halogens is 4. The van der Waals surface area contributed by atoms with Gasteiger partial charge in [-0.25, -0.2) is 0 Å². The molecule has 0 saturated carbocycles. The van der Waals surface area contributed by atoms with Gasteiger partial charge in [-0.05, 0) is 54.1 Å². The average Bonchev–Trinajstić information content (AvgIpc) is 2.26. The number of nitrogens with one attached hydrogen (secondary N) is 1. The van der Waals surface area contributed by atoms with E-state index in [9.17, 15) is 18.0 Å². The molecule has 0 aliphatic rings. The number of rotatable bonds is 4. The summed E-state index contributed by atoms with van der Waals surface area (Å²) < 4.78 is 38.1. The van der Waals surface area contributed by atoms with Gasteiger partial charge in [-0.15, -0.1) is 0 Å². The second kappa shape index (κ2) is 6.56. The van der Waals surface area contributed by atoms with Gasteiger partial charge < -0.3 is 10.4 Å². The lowest BCUT2D eigenvalue weighted by molar-refractivity contribution is -0.137. The molecule has 1 rings (SSSR count). The molecule has 0 radical (unpaired) electrons. The molecule has 7 heteroatoms. The van der Waals surface area contributed by atoms with E-state index in [1.165, 1.54) is 6.07 Å². The van der Waals surface area contributed by atoms with E-state index in [1.54, 1.807) is 29.5 Å². The molecule has 1 aromatic rings. The van der Waals surface area contributed by atoms with Crippen LogP contribution in [0.2, 0.25) is 0 Å². The monoisotopic (exact) mass is 387 g/mol. The van der Waals surface area contributed by atoms with Crippen molar-refractivity contribution >= 4 is 28.5 Å². The average molecular weight is 387 g/mol. The number of hydrogen-bond acceptors (Lipinski definition) is 2. The van der Waals surface area contributed by atoms with Crippen molar-refractivity contribution in [1.82, 2.24) is 5.32 Å². The quantitative estimate of drug-likeness (QED) is 0.781. The summed E-state index contributed by atoms with van der Waals surface area (Å²) in [5.41, 5.74) is -0.884. The van der Waals surface area contributed by atoms with Crippen LogP contribution >= 0.6 is 22.6 Å². The first-order valence-electron chi connectivity index (χ1n) is 5.54. The normalized spacial score (nSPS) is 13.2. The zero-order valence-electron chi connectivity index (χ0n) is 10.1. The molecule has 0 bridgehead atoms. The Balaban J connectivity index is 2.83. The van der Waals surface area contributed by atoms with Crippen LogP contribution < -0.4 is 5.32 Å². The molecule has 0 aliphatic heterocycles. The molecule has 1 atom stereocenters. The second-order valence-electron chi connectivity index (χ2n) is 4.12. The molecule has 1 amide bonds. The summed E-state index contributed by atoms with van der Waals surface area (Å²) in [7, 11) is 0. The van der Waals surface area contributed by atoms with Crippen LogP contribution in [0.15, 0.2) is 18.2 Å². The SMILES string of the molecule is CC(O)CCNC(=O)c1cc(I)cc(C(F)(F)F)c1. The van der Waals surface area contributed by atoms with E-state index in [4.69, 9.17) is 5.11 Å². The van der Waals surface area contributed by atoms with Crippen LogP contribution in [0, 0.1) is 3.57 Å². The fourth-order valence-corrected chi connectivity index (χ4v) is 2.05. The Morgan fingerprint density at radius 3 is 2.58 bits per heavy atom. The number of carbonyl (C=O) groups excluding carboxylic acids is 1. The molecule has 2 N–H and O–H groups in total. The lowest BCUT2D eigenvalue weighted by Gasteiger charge is -2.11. The van der Waals surface area contributed by atoms with Gasteiger partial charge in [-0.1, -0.05) is 0 Å². The number of aliphatic hydroxyl groups excluding tert-OH is 1. The lowest BCUT2D eigenvalue weighted by atomic mass is 10.1. The molecule has 0 heterocycles. The van der Waals surface area contributed by atoms with Gasteiger partial charge in [-0.3, -0.25) is 4.79 Å². The Bertz CT molecular complexity index is 461. The van der Waals surface area contributed by atoms with E-state index >= 15 is 0 Å². The van der Waals surface area contributed by atoms with Crippen molar-refractivity contribution in [3.8, 4) is 0 Å². The highest BCUT2D eigenvalue weighted by Crippen LogP contribution is 2.31. The van der Waals surface area contributed by atoms with Crippen molar-refractivity contribution in [3.05, 3.63) is 32.9 Å².